The van der Waals surface area contributed by atoms with Crippen molar-refractivity contribution in [2.45, 2.75) is 402 Å². The van der Waals surface area contributed by atoms with Gasteiger partial charge < -0.3 is 65.1 Å². The van der Waals surface area contributed by atoms with E-state index in [0.29, 0.717) is 12.8 Å². The third-order valence-electron chi connectivity index (χ3n) is 18.3. The van der Waals surface area contributed by atoms with Crippen LogP contribution in [0.5, 0.6) is 0 Å². The minimum Gasteiger partial charge on any atom is -0.394 e. The van der Waals surface area contributed by atoms with Crippen molar-refractivity contribution in [2.75, 3.05) is 19.8 Å². The van der Waals surface area contributed by atoms with E-state index in [2.05, 4.69) is 67.8 Å². The normalized spacial score (nSPS) is 23.3. The third-order valence-corrected chi connectivity index (χ3v) is 18.3. The van der Waals surface area contributed by atoms with Gasteiger partial charge in [0.15, 0.2) is 12.6 Å². The van der Waals surface area contributed by atoms with Crippen molar-refractivity contribution in [1.29, 1.82) is 0 Å². The van der Waals surface area contributed by atoms with Crippen LogP contribution in [0.25, 0.3) is 0 Å². The molecule has 0 aromatic heterocycles. The summed E-state index contributed by atoms with van der Waals surface area (Å²) in [5.74, 6) is -0.200. The number of carbonyl (C=O) groups excluding carboxylic acids is 1. The molecule has 12 atom stereocenters. The van der Waals surface area contributed by atoms with E-state index in [9.17, 15) is 45.6 Å². The zero-order valence-electron chi connectivity index (χ0n) is 56.9. The predicted octanol–water partition coefficient (Wildman–Crippen LogP) is 15.9. The summed E-state index contributed by atoms with van der Waals surface area (Å²) in [5, 5.41) is 87.5. The summed E-state index contributed by atoms with van der Waals surface area (Å²) in [5.41, 5.74) is 0. The zero-order chi connectivity index (χ0) is 64.5. The van der Waals surface area contributed by atoms with Gasteiger partial charge in [0.25, 0.3) is 0 Å². The fourth-order valence-electron chi connectivity index (χ4n) is 12.4. The lowest BCUT2D eigenvalue weighted by atomic mass is 9.97. The lowest BCUT2D eigenvalue weighted by Crippen LogP contribution is -2.65. The van der Waals surface area contributed by atoms with E-state index in [-0.39, 0.29) is 12.5 Å². The molecule has 0 aliphatic carbocycles. The Bertz CT molecular complexity index is 1680. The smallest absolute Gasteiger partial charge is 0.220 e. The first-order valence-electron chi connectivity index (χ1n) is 37.4. The summed E-state index contributed by atoms with van der Waals surface area (Å²) in [6.45, 7) is 2.78. The second kappa shape index (κ2) is 59.7. The summed E-state index contributed by atoms with van der Waals surface area (Å²) >= 11 is 0. The number of aliphatic hydroxyl groups excluding tert-OH is 8. The Morgan fingerprint density at radius 1 is 0.416 bits per heavy atom. The SMILES string of the molecule is CC/C=C\C/C=C\C/C=C\C/C=C\CCCCCCCCCCCCCCCCCCCCCCCCCCCCCCC(=O)NC(COC1OC(CO)C(OC2OC(CO)C(O)C(O)C2O)C(O)C1O)C(O)CCCCCCCCCCCCCCCC. The summed E-state index contributed by atoms with van der Waals surface area (Å²) in [6, 6.07) is -0.826. The van der Waals surface area contributed by atoms with Crippen LogP contribution >= 0.6 is 0 Å². The molecule has 0 aromatic rings. The van der Waals surface area contributed by atoms with E-state index < -0.39 is 86.8 Å². The molecule has 2 aliphatic heterocycles. The molecule has 12 unspecified atom stereocenters. The Kier molecular flexibility index (Phi) is 55.7. The Labute approximate surface area is 543 Å². The number of hydrogen-bond donors (Lipinski definition) is 9. The molecule has 2 saturated heterocycles. The highest BCUT2D eigenvalue weighted by Gasteiger charge is 2.51. The van der Waals surface area contributed by atoms with Crippen molar-refractivity contribution in [3.8, 4) is 0 Å². The van der Waals surface area contributed by atoms with E-state index in [1.807, 2.05) is 0 Å². The molecule has 2 rings (SSSR count). The molecule has 2 aliphatic rings. The van der Waals surface area contributed by atoms with Gasteiger partial charge in [0.05, 0.1) is 32.0 Å². The van der Waals surface area contributed by atoms with Crippen LogP contribution < -0.4 is 5.32 Å². The lowest BCUT2D eigenvalue weighted by Gasteiger charge is -2.46. The average molecular weight is 1260 g/mol. The predicted molar refractivity (Wildman–Crippen MR) is 364 cm³/mol. The minimum atomic E-state index is -1.78. The van der Waals surface area contributed by atoms with Gasteiger partial charge in [0, 0.05) is 6.42 Å². The zero-order valence-corrected chi connectivity index (χ0v) is 56.9. The maximum Gasteiger partial charge on any atom is 0.220 e. The molecule has 14 heteroatoms. The van der Waals surface area contributed by atoms with Crippen molar-refractivity contribution in [1.82, 2.24) is 5.32 Å². The third kappa shape index (κ3) is 43.5. The first kappa shape index (κ1) is 83.0. The number of aliphatic hydroxyl groups is 8. The van der Waals surface area contributed by atoms with Crippen molar-refractivity contribution in [3.63, 3.8) is 0 Å². The molecular weight excluding hydrogens is 1120 g/mol. The van der Waals surface area contributed by atoms with Gasteiger partial charge in [-0.2, -0.15) is 0 Å². The molecule has 89 heavy (non-hydrogen) atoms. The second-order valence-corrected chi connectivity index (χ2v) is 26.4. The van der Waals surface area contributed by atoms with Gasteiger partial charge in [-0.25, -0.2) is 0 Å². The Morgan fingerprint density at radius 2 is 0.775 bits per heavy atom. The van der Waals surface area contributed by atoms with E-state index in [0.717, 1.165) is 77.0 Å². The highest BCUT2D eigenvalue weighted by Crippen LogP contribution is 2.30. The number of rotatable bonds is 62. The fraction of sp³-hybridized carbons (Fsp3) is 0.880. The number of amides is 1. The molecule has 9 N–H and O–H groups in total. The summed E-state index contributed by atoms with van der Waals surface area (Å²) in [4.78, 5) is 13.3. The quantitative estimate of drug-likeness (QED) is 0.0204. The lowest BCUT2D eigenvalue weighted by molar-refractivity contribution is -0.359. The Balaban J connectivity index is 1.52. The van der Waals surface area contributed by atoms with Crippen molar-refractivity contribution >= 4 is 5.91 Å². The van der Waals surface area contributed by atoms with Gasteiger partial charge in [-0.1, -0.05) is 319 Å². The number of hydrogen-bond acceptors (Lipinski definition) is 13. The van der Waals surface area contributed by atoms with Gasteiger partial charge in [0.1, 0.15) is 48.8 Å². The van der Waals surface area contributed by atoms with Gasteiger partial charge >= 0.3 is 0 Å². The molecule has 0 spiro atoms. The highest BCUT2D eigenvalue weighted by molar-refractivity contribution is 5.76. The number of allylic oxidation sites excluding steroid dienone is 8. The molecule has 2 heterocycles. The number of carbonyl (C=O) groups is 1. The van der Waals surface area contributed by atoms with Crippen LogP contribution in [0.1, 0.15) is 328 Å². The standard InChI is InChI=1S/C75H139NO13/c1-3-5-7-9-11-13-15-17-19-20-21-22-23-24-25-26-27-28-29-30-31-32-33-34-35-36-37-38-39-40-41-42-43-44-45-47-49-51-53-55-57-59-67(80)76-63(64(79)58-56-54-52-50-48-46-18-16-14-12-10-8-6-4-2)62-86-74-72(85)70(83)73(66(61-78)88-74)89-75-71(84)69(82)68(81)65(60-77)87-75/h5,7,11,13,17,19,21-22,63-66,68-75,77-79,81-85H,3-4,6,8-10,12,14-16,18,20,23-62H2,1-2H3,(H,76,80)/b7-5-,13-11-,19-17-,22-21-. The van der Waals surface area contributed by atoms with Gasteiger partial charge in [-0.05, 0) is 51.4 Å². The van der Waals surface area contributed by atoms with E-state index in [1.165, 1.54) is 225 Å². The van der Waals surface area contributed by atoms with Crippen molar-refractivity contribution < 1.29 is 64.6 Å². The fourth-order valence-corrected chi connectivity index (χ4v) is 12.4. The molecule has 0 bridgehead atoms. The molecule has 0 radical (unpaired) electrons. The van der Waals surface area contributed by atoms with E-state index in [1.54, 1.807) is 0 Å². The van der Waals surface area contributed by atoms with Crippen molar-refractivity contribution in [3.05, 3.63) is 48.6 Å². The van der Waals surface area contributed by atoms with Crippen molar-refractivity contribution in [2.24, 2.45) is 0 Å². The van der Waals surface area contributed by atoms with Crippen LogP contribution in [0.3, 0.4) is 0 Å². The molecular formula is C75H139NO13. The van der Waals surface area contributed by atoms with Gasteiger partial charge in [0.2, 0.25) is 5.91 Å². The van der Waals surface area contributed by atoms with Gasteiger partial charge in [-0.3, -0.25) is 4.79 Å². The molecule has 2 fully saturated rings. The van der Waals surface area contributed by atoms with E-state index >= 15 is 0 Å². The maximum absolute atomic E-state index is 13.3. The largest absolute Gasteiger partial charge is 0.394 e. The van der Waals surface area contributed by atoms with E-state index in [4.69, 9.17) is 18.9 Å². The number of unbranched alkanes of at least 4 members (excludes halogenated alkanes) is 41. The Hall–Kier alpha value is -2.05. The highest BCUT2D eigenvalue weighted by atomic mass is 16.7. The van der Waals surface area contributed by atoms with Crippen LogP contribution in [-0.2, 0) is 23.7 Å². The number of nitrogens with one attached hydrogen (secondary N) is 1. The van der Waals surface area contributed by atoms with Crippen LogP contribution in [0.15, 0.2) is 48.6 Å². The topological polar surface area (TPSA) is 228 Å². The molecule has 14 nitrogen and oxygen atoms in total. The molecule has 0 aromatic carbocycles. The summed E-state index contributed by atoms with van der Waals surface area (Å²) < 4.78 is 22.9. The Morgan fingerprint density at radius 3 is 1.19 bits per heavy atom. The molecule has 1 amide bonds. The second-order valence-electron chi connectivity index (χ2n) is 26.4. The first-order valence-corrected chi connectivity index (χ1v) is 37.4. The maximum atomic E-state index is 13.3. The number of ether oxygens (including phenoxy) is 4. The van der Waals surface area contributed by atoms with Crippen LogP contribution in [0.4, 0.5) is 0 Å². The summed E-state index contributed by atoms with van der Waals surface area (Å²) in [6.07, 6.45) is 61.7. The van der Waals surface area contributed by atoms with Crippen LogP contribution in [0.2, 0.25) is 0 Å². The minimum absolute atomic E-state index is 0.200. The van der Waals surface area contributed by atoms with Crippen LogP contribution in [-0.4, -0.2) is 140 Å². The van der Waals surface area contributed by atoms with Crippen LogP contribution in [0, 0.1) is 0 Å². The summed E-state index contributed by atoms with van der Waals surface area (Å²) in [7, 11) is 0. The molecule has 0 saturated carbocycles. The monoisotopic (exact) mass is 1260 g/mol. The van der Waals surface area contributed by atoms with Gasteiger partial charge in [-0.15, -0.1) is 0 Å². The molecule has 522 valence electrons. The first-order chi connectivity index (χ1) is 43.6. The average Bonchev–Trinajstić information content (AvgIpc) is 2.74.